The first-order chi connectivity index (χ1) is 16.4. The molecule has 0 bridgehead atoms. The molecule has 0 aliphatic carbocycles. The van der Waals surface area contributed by atoms with Crippen LogP contribution in [0.5, 0.6) is 17.4 Å². The molecule has 15 heteroatoms. The smallest absolute Gasteiger partial charge is 0.431 e. The Balaban J connectivity index is 2.05. The van der Waals surface area contributed by atoms with E-state index < -0.39 is 47.1 Å². The van der Waals surface area contributed by atoms with Gasteiger partial charge in [-0.2, -0.15) is 13.2 Å². The van der Waals surface area contributed by atoms with Crippen molar-refractivity contribution in [3.63, 3.8) is 0 Å². The molecule has 1 aromatic carbocycles. The highest BCUT2D eigenvalue weighted by Crippen LogP contribution is 2.36. The first-order valence-corrected chi connectivity index (χ1v) is 9.79. The molecule has 2 aromatic heterocycles. The number of rotatable bonds is 7. The molecule has 0 fully saturated rings. The molecule has 0 radical (unpaired) electrons. The van der Waals surface area contributed by atoms with Crippen LogP contribution in [0.2, 0.25) is 5.02 Å². The molecule has 1 N–H and O–H groups in total. The van der Waals surface area contributed by atoms with Crippen LogP contribution < -0.4 is 26.2 Å². The molecule has 2 heterocycles. The molecule has 0 aliphatic heterocycles. The van der Waals surface area contributed by atoms with E-state index in [0.717, 1.165) is 13.1 Å². The number of nitrogens with zero attached hydrogens (tertiary/aromatic N) is 3. The number of hydroxylamine groups is 1. The van der Waals surface area contributed by atoms with Crippen molar-refractivity contribution in [3.8, 4) is 23.1 Å². The fourth-order valence-corrected chi connectivity index (χ4v) is 3.03. The van der Waals surface area contributed by atoms with Crippen LogP contribution in [0, 0.1) is 5.82 Å². The van der Waals surface area contributed by atoms with Gasteiger partial charge in [0.15, 0.2) is 12.4 Å². The number of carbonyl (C=O) groups excluding carboxylic acids is 1. The molecule has 35 heavy (non-hydrogen) atoms. The fourth-order valence-electron chi connectivity index (χ4n) is 2.85. The van der Waals surface area contributed by atoms with Gasteiger partial charge in [0.25, 0.3) is 17.3 Å². The first-order valence-electron chi connectivity index (χ1n) is 9.41. The van der Waals surface area contributed by atoms with Crippen LogP contribution in [-0.4, -0.2) is 33.7 Å². The van der Waals surface area contributed by atoms with Gasteiger partial charge >= 0.3 is 11.9 Å². The Kier molecular flexibility index (Phi) is 7.45. The third kappa shape index (κ3) is 5.60. The van der Waals surface area contributed by atoms with Crippen LogP contribution in [-0.2, 0) is 22.9 Å². The van der Waals surface area contributed by atoms with Gasteiger partial charge in [-0.25, -0.2) is 24.2 Å². The zero-order valence-electron chi connectivity index (χ0n) is 17.9. The second kappa shape index (κ2) is 10.1. The van der Waals surface area contributed by atoms with E-state index in [-0.39, 0.29) is 37.6 Å². The van der Waals surface area contributed by atoms with Crippen molar-refractivity contribution in [2.75, 3.05) is 13.7 Å². The maximum Gasteiger partial charge on any atom is 0.431 e. The maximum atomic E-state index is 14.7. The number of amides is 1. The Labute approximate surface area is 198 Å². The zero-order valence-corrected chi connectivity index (χ0v) is 18.6. The molecule has 1 amide bonds. The van der Waals surface area contributed by atoms with Crippen molar-refractivity contribution >= 4 is 17.5 Å². The molecule has 0 atom stereocenters. The molecule has 0 saturated carbocycles. The number of ether oxygens (including phenoxy) is 2. The van der Waals surface area contributed by atoms with E-state index >= 15 is 0 Å². The molecule has 0 unspecified atom stereocenters. The third-order valence-corrected chi connectivity index (χ3v) is 4.66. The zero-order chi connectivity index (χ0) is 25.9. The lowest BCUT2D eigenvalue weighted by molar-refractivity contribution is -0.144. The van der Waals surface area contributed by atoms with Crippen molar-refractivity contribution < 1.29 is 36.7 Å². The lowest BCUT2D eigenvalue weighted by atomic mass is 10.2. The first kappa shape index (κ1) is 25.7. The largest absolute Gasteiger partial charge is 0.465 e. The van der Waals surface area contributed by atoms with E-state index in [1.54, 1.807) is 0 Å². The van der Waals surface area contributed by atoms with Gasteiger partial charge in [-0.1, -0.05) is 11.6 Å². The molecular weight excluding hydrogens is 504 g/mol. The van der Waals surface area contributed by atoms with Crippen molar-refractivity contribution in [2.24, 2.45) is 7.05 Å². The summed E-state index contributed by atoms with van der Waals surface area (Å²) in [5, 5.41) is -0.310. The quantitative estimate of drug-likeness (QED) is 0.378. The van der Waals surface area contributed by atoms with Crippen LogP contribution in [0.1, 0.15) is 5.69 Å². The molecule has 186 valence electrons. The summed E-state index contributed by atoms with van der Waals surface area (Å²) in [6.07, 6.45) is -3.67. The highest BCUT2D eigenvalue weighted by molar-refractivity contribution is 6.32. The van der Waals surface area contributed by atoms with Gasteiger partial charge in [0.05, 0.1) is 17.8 Å². The second-order valence-electron chi connectivity index (χ2n) is 6.70. The topological polar surface area (TPSA) is 114 Å². The SMILES string of the molecule is CONC(=O)COc1ncccc1Oc1cc(-n2c(=O)cc(C(F)(F)F)n(C)c2=O)c(F)cc1Cl. The van der Waals surface area contributed by atoms with Crippen molar-refractivity contribution in [3.05, 3.63) is 73.9 Å². The minimum Gasteiger partial charge on any atom is -0.465 e. The number of hydrogen-bond donors (Lipinski definition) is 1. The van der Waals surface area contributed by atoms with Gasteiger partial charge in [0.2, 0.25) is 0 Å². The predicted molar refractivity (Wildman–Crippen MR) is 112 cm³/mol. The lowest BCUT2D eigenvalue weighted by Gasteiger charge is -2.16. The van der Waals surface area contributed by atoms with Crippen molar-refractivity contribution in [2.45, 2.75) is 6.18 Å². The summed E-state index contributed by atoms with van der Waals surface area (Å²) in [7, 11) is 2.00. The number of aromatic nitrogens is 3. The van der Waals surface area contributed by atoms with Crippen LogP contribution in [0.3, 0.4) is 0 Å². The van der Waals surface area contributed by atoms with Crippen LogP contribution in [0.25, 0.3) is 5.69 Å². The van der Waals surface area contributed by atoms with Crippen LogP contribution >= 0.6 is 11.6 Å². The summed E-state index contributed by atoms with van der Waals surface area (Å²) >= 11 is 6.03. The summed E-state index contributed by atoms with van der Waals surface area (Å²) < 4.78 is 65.2. The van der Waals surface area contributed by atoms with Gasteiger partial charge in [0, 0.05) is 25.4 Å². The summed E-state index contributed by atoms with van der Waals surface area (Å²) in [5.41, 5.74) is -3.08. The number of alkyl halides is 3. The Morgan fingerprint density at radius 1 is 1.20 bits per heavy atom. The van der Waals surface area contributed by atoms with E-state index in [1.807, 2.05) is 5.48 Å². The van der Waals surface area contributed by atoms with E-state index in [4.69, 9.17) is 21.1 Å². The maximum absolute atomic E-state index is 14.7. The molecule has 0 saturated heterocycles. The van der Waals surface area contributed by atoms with Gasteiger partial charge in [-0.3, -0.25) is 19.0 Å². The monoisotopic (exact) mass is 518 g/mol. The lowest BCUT2D eigenvalue weighted by Crippen LogP contribution is -2.41. The van der Waals surface area contributed by atoms with E-state index in [2.05, 4.69) is 9.82 Å². The average molecular weight is 519 g/mol. The fraction of sp³-hybridized carbons (Fsp3) is 0.200. The highest BCUT2D eigenvalue weighted by atomic mass is 35.5. The number of halogens is 5. The Morgan fingerprint density at radius 2 is 1.91 bits per heavy atom. The molecule has 3 aromatic rings. The Hall–Kier alpha value is -3.91. The summed E-state index contributed by atoms with van der Waals surface area (Å²) in [6.45, 7) is -0.513. The predicted octanol–water partition coefficient (Wildman–Crippen LogP) is 2.59. The number of pyridine rings is 1. The van der Waals surface area contributed by atoms with Crippen molar-refractivity contribution in [1.82, 2.24) is 19.6 Å². The molecule has 0 spiro atoms. The number of nitrogens with one attached hydrogen (secondary N) is 1. The third-order valence-electron chi connectivity index (χ3n) is 4.36. The van der Waals surface area contributed by atoms with Gasteiger partial charge < -0.3 is 9.47 Å². The van der Waals surface area contributed by atoms with E-state index in [9.17, 15) is 31.9 Å². The van der Waals surface area contributed by atoms with Gasteiger partial charge in [0.1, 0.15) is 17.3 Å². The standard InChI is InChI=1S/C20H15ClF4N4O6/c1-28-15(20(23,24)25)8-17(31)29(19(28)32)12-7-14(10(21)6-11(12)22)35-13-4-3-5-26-18(13)34-9-16(30)27-33-2/h3-8H,9H2,1-2H3,(H,27,30). The minimum absolute atomic E-state index is 0.0927. The number of benzene rings is 1. The van der Waals surface area contributed by atoms with Gasteiger partial charge in [-0.15, -0.1) is 0 Å². The number of carbonyl (C=O) groups is 1. The van der Waals surface area contributed by atoms with Gasteiger partial charge in [-0.05, 0) is 18.2 Å². The molecule has 3 rings (SSSR count). The molecule has 0 aliphatic rings. The highest BCUT2D eigenvalue weighted by Gasteiger charge is 2.35. The molecular formula is C20H15ClF4N4O6. The summed E-state index contributed by atoms with van der Waals surface area (Å²) in [6, 6.07) is 4.51. The molecule has 10 nitrogen and oxygen atoms in total. The Bertz CT molecular complexity index is 1390. The number of hydrogen-bond acceptors (Lipinski definition) is 7. The summed E-state index contributed by atoms with van der Waals surface area (Å²) in [4.78, 5) is 44.8. The van der Waals surface area contributed by atoms with Crippen LogP contribution in [0.15, 0.2) is 46.1 Å². The van der Waals surface area contributed by atoms with Crippen LogP contribution in [0.4, 0.5) is 17.6 Å². The normalized spacial score (nSPS) is 11.3. The minimum atomic E-state index is -4.99. The van der Waals surface area contributed by atoms with Crippen molar-refractivity contribution in [1.29, 1.82) is 0 Å². The van der Waals surface area contributed by atoms with E-state index in [0.29, 0.717) is 6.07 Å². The van der Waals surface area contributed by atoms with E-state index in [1.165, 1.54) is 25.4 Å². The summed E-state index contributed by atoms with van der Waals surface area (Å²) in [5.74, 6) is -2.40. The average Bonchev–Trinajstić information content (AvgIpc) is 2.78. The Morgan fingerprint density at radius 3 is 2.57 bits per heavy atom. The second-order valence-corrected chi connectivity index (χ2v) is 7.11.